The molecule has 1 aromatic rings. The van der Waals surface area contributed by atoms with E-state index in [4.69, 9.17) is 0 Å². The van der Waals surface area contributed by atoms with Gasteiger partial charge in [0.25, 0.3) is 0 Å². The Balaban J connectivity index is 2.86. The molecule has 66 valence electrons. The van der Waals surface area contributed by atoms with Gasteiger partial charge in [0.1, 0.15) is 0 Å². The first-order valence-corrected chi connectivity index (χ1v) is 11.6. The van der Waals surface area contributed by atoms with Crippen LogP contribution in [0.5, 0.6) is 0 Å². The maximum Gasteiger partial charge on any atom is 0.0614 e. The fraction of sp³-hybridized carbons (Fsp3) is 0.400. The summed E-state index contributed by atoms with van der Waals surface area (Å²) in [6.45, 7) is 9.94. The number of benzene rings is 1. The van der Waals surface area contributed by atoms with Crippen LogP contribution in [0, 0.1) is 0 Å². The van der Waals surface area contributed by atoms with Crippen LogP contribution in [0.3, 0.4) is 0 Å². The van der Waals surface area contributed by atoms with Crippen molar-refractivity contribution in [3.8, 4) is 0 Å². The zero-order chi connectivity index (χ0) is 9.19. The molecular formula is C10H18Si2. The Hall–Kier alpha value is -0.346. The van der Waals surface area contributed by atoms with Crippen LogP contribution >= 0.6 is 0 Å². The summed E-state index contributed by atoms with van der Waals surface area (Å²) in [5.41, 5.74) is 0. The molecule has 0 amide bonds. The highest BCUT2D eigenvalue weighted by Crippen LogP contribution is 2.06. The van der Waals surface area contributed by atoms with Gasteiger partial charge in [-0.15, -0.1) is 0 Å². The second-order valence-electron chi connectivity index (χ2n) is 4.50. The quantitative estimate of drug-likeness (QED) is 0.633. The molecule has 1 rings (SSSR count). The van der Waals surface area contributed by atoms with Gasteiger partial charge in [-0.1, -0.05) is 61.7 Å². The van der Waals surface area contributed by atoms with Gasteiger partial charge in [-0.05, 0) is 0 Å². The monoisotopic (exact) mass is 194 g/mol. The van der Waals surface area contributed by atoms with Gasteiger partial charge in [-0.25, -0.2) is 0 Å². The molecule has 0 fully saturated rings. The summed E-state index contributed by atoms with van der Waals surface area (Å²) in [5, 5.41) is 1.64. The normalized spacial score (nSPS) is 14.3. The van der Waals surface area contributed by atoms with Gasteiger partial charge in [0.05, 0.1) is 8.31 Å². The van der Waals surface area contributed by atoms with Crippen molar-refractivity contribution in [3.63, 3.8) is 0 Å². The molecule has 0 aliphatic carbocycles. The van der Waals surface area contributed by atoms with Crippen LogP contribution in [-0.2, 0) is 0 Å². The summed E-state index contributed by atoms with van der Waals surface area (Å²) in [7, 11) is -1.47. The predicted octanol–water partition coefficient (Wildman–Crippen LogP) is 2.17. The summed E-state index contributed by atoms with van der Waals surface area (Å²) < 4.78 is 0. The second-order valence-corrected chi connectivity index (χ2v) is 19.1. The van der Waals surface area contributed by atoms with Crippen LogP contribution in [0.1, 0.15) is 0 Å². The highest BCUT2D eigenvalue weighted by atomic mass is 29.2. The van der Waals surface area contributed by atoms with Gasteiger partial charge in [0.2, 0.25) is 0 Å². The van der Waals surface area contributed by atoms with Crippen LogP contribution in [0.25, 0.3) is 0 Å². The number of hydrogen-bond donors (Lipinski definition) is 0. The third-order valence-electron chi connectivity index (χ3n) is 2.60. The topological polar surface area (TPSA) is 0 Å². The van der Waals surface area contributed by atoms with Crippen molar-refractivity contribution >= 4 is 21.1 Å². The van der Waals surface area contributed by atoms with Crippen LogP contribution in [-0.4, -0.2) is 15.9 Å². The van der Waals surface area contributed by atoms with E-state index in [0.717, 1.165) is 0 Å². The summed E-state index contributed by atoms with van der Waals surface area (Å²) >= 11 is 0. The lowest BCUT2D eigenvalue weighted by molar-refractivity contribution is 1.74. The fourth-order valence-corrected chi connectivity index (χ4v) is 6.62. The maximum absolute atomic E-state index is 2.49. The van der Waals surface area contributed by atoms with E-state index in [1.807, 2.05) is 0 Å². The smallest absolute Gasteiger partial charge is 0.0614 e. The first kappa shape index (κ1) is 9.74. The molecule has 0 aromatic heterocycles. The molecule has 1 atom stereocenters. The van der Waals surface area contributed by atoms with Gasteiger partial charge in [0.15, 0.2) is 0 Å². The van der Waals surface area contributed by atoms with Crippen LogP contribution in [0.4, 0.5) is 0 Å². The molecule has 0 bridgehead atoms. The number of rotatable bonds is 2. The van der Waals surface area contributed by atoms with Crippen LogP contribution < -0.4 is 5.19 Å². The molecule has 0 N–H and O–H groups in total. The van der Waals surface area contributed by atoms with E-state index >= 15 is 0 Å². The molecule has 0 heterocycles. The molecule has 0 radical (unpaired) electrons. The van der Waals surface area contributed by atoms with E-state index in [2.05, 4.69) is 56.5 Å². The lowest BCUT2D eigenvalue weighted by atomic mass is 10.4. The fourth-order valence-electron chi connectivity index (χ4n) is 1.24. The van der Waals surface area contributed by atoms with E-state index in [9.17, 15) is 0 Å². The molecule has 2 heteroatoms. The molecule has 1 aromatic carbocycles. The molecule has 1 unspecified atom stereocenters. The molecule has 0 aliphatic heterocycles. The van der Waals surface area contributed by atoms with Crippen molar-refractivity contribution in [2.24, 2.45) is 0 Å². The first-order chi connectivity index (χ1) is 5.52. The van der Waals surface area contributed by atoms with Gasteiger partial charge in [0, 0.05) is 7.59 Å². The van der Waals surface area contributed by atoms with Crippen molar-refractivity contribution in [2.75, 3.05) is 0 Å². The third-order valence-corrected chi connectivity index (χ3v) is 15.4. The molecule has 0 aliphatic rings. The molecule has 0 saturated heterocycles. The Labute approximate surface area is 78.0 Å². The van der Waals surface area contributed by atoms with Crippen molar-refractivity contribution in [1.29, 1.82) is 0 Å². The van der Waals surface area contributed by atoms with Gasteiger partial charge in [-0.3, -0.25) is 0 Å². The zero-order valence-electron chi connectivity index (χ0n) is 8.46. The van der Waals surface area contributed by atoms with Crippen LogP contribution in [0.2, 0.25) is 26.2 Å². The van der Waals surface area contributed by atoms with E-state index < -0.39 is 15.9 Å². The van der Waals surface area contributed by atoms with Gasteiger partial charge in [-0.2, -0.15) is 0 Å². The Morgan fingerprint density at radius 3 is 1.92 bits per heavy atom. The largest absolute Gasteiger partial charge is 0.0714 e. The minimum Gasteiger partial charge on any atom is -0.0714 e. The Bertz CT molecular complexity index is 236. The molecule has 0 nitrogen and oxygen atoms in total. The van der Waals surface area contributed by atoms with Crippen molar-refractivity contribution < 1.29 is 0 Å². The van der Waals surface area contributed by atoms with E-state index in [1.165, 1.54) is 0 Å². The summed E-state index contributed by atoms with van der Waals surface area (Å²) in [4.78, 5) is 0. The third kappa shape index (κ3) is 2.32. The van der Waals surface area contributed by atoms with Crippen molar-refractivity contribution in [2.45, 2.75) is 26.2 Å². The van der Waals surface area contributed by atoms with Crippen molar-refractivity contribution in [1.82, 2.24) is 0 Å². The summed E-state index contributed by atoms with van der Waals surface area (Å²) in [5.74, 6) is 0. The Morgan fingerprint density at radius 2 is 1.50 bits per heavy atom. The molecule has 0 saturated carbocycles. The predicted molar refractivity (Wildman–Crippen MR) is 62.4 cm³/mol. The van der Waals surface area contributed by atoms with E-state index in [0.29, 0.717) is 0 Å². The van der Waals surface area contributed by atoms with Crippen molar-refractivity contribution in [3.05, 3.63) is 30.3 Å². The summed E-state index contributed by atoms with van der Waals surface area (Å²) in [6.07, 6.45) is 0. The molecule has 0 spiro atoms. The highest BCUT2D eigenvalue weighted by Gasteiger charge is 2.24. The average molecular weight is 194 g/mol. The SMILES string of the molecule is C[SiH](c1ccccc1)[Si](C)(C)C. The molecular weight excluding hydrogens is 176 g/mol. The van der Waals surface area contributed by atoms with E-state index in [-0.39, 0.29) is 0 Å². The Morgan fingerprint density at radius 1 is 1.00 bits per heavy atom. The average Bonchev–Trinajstić information content (AvgIpc) is 2.03. The second kappa shape index (κ2) is 3.58. The Kier molecular flexibility index (Phi) is 2.91. The standard InChI is InChI=1S/C10H18Si2/c1-11(12(2,3)4)10-8-6-5-7-9-10/h5-9,11H,1-4H3. The first-order valence-electron chi connectivity index (χ1n) is 4.57. The van der Waals surface area contributed by atoms with Gasteiger partial charge >= 0.3 is 0 Å². The lowest BCUT2D eigenvalue weighted by Crippen LogP contribution is -2.48. The van der Waals surface area contributed by atoms with E-state index in [1.54, 1.807) is 5.19 Å². The van der Waals surface area contributed by atoms with Crippen LogP contribution in [0.15, 0.2) is 30.3 Å². The molecule has 12 heavy (non-hydrogen) atoms. The highest BCUT2D eigenvalue weighted by molar-refractivity contribution is 7.35. The lowest BCUT2D eigenvalue weighted by Gasteiger charge is -2.23. The maximum atomic E-state index is 2.49. The number of hydrogen-bond acceptors (Lipinski definition) is 0. The minimum absolute atomic E-state index is 0.610. The zero-order valence-corrected chi connectivity index (χ0v) is 10.6. The summed E-state index contributed by atoms with van der Waals surface area (Å²) in [6, 6.07) is 11.0. The minimum atomic E-state index is -0.863. The van der Waals surface area contributed by atoms with Gasteiger partial charge < -0.3 is 0 Å².